The van der Waals surface area contributed by atoms with Crippen molar-refractivity contribution >= 4 is 17.4 Å². The number of nitro groups is 1. The monoisotopic (exact) mass is 281 g/mol. The number of Topliss-reactive ketones (excluding diaryl/α,β-unsaturated/α-hetero) is 1. The van der Waals surface area contributed by atoms with Gasteiger partial charge in [0.2, 0.25) is 6.54 Å². The third-order valence-electron chi connectivity index (χ3n) is 3.73. The highest BCUT2D eigenvalue weighted by Crippen LogP contribution is 2.34. The molecule has 1 aromatic rings. The molecule has 1 aliphatic rings. The lowest BCUT2D eigenvalue weighted by atomic mass is 9.76. The Bertz CT molecular complexity index is 472. The number of rotatable bonds is 4. The van der Waals surface area contributed by atoms with E-state index in [4.69, 9.17) is 11.6 Å². The average Bonchev–Trinajstić information content (AvgIpc) is 2.38. The topological polar surface area (TPSA) is 60.2 Å². The summed E-state index contributed by atoms with van der Waals surface area (Å²) >= 11 is 5.84. The lowest BCUT2D eigenvalue weighted by Gasteiger charge is -2.27. The van der Waals surface area contributed by atoms with Gasteiger partial charge in [0.05, 0.1) is 5.92 Å². The first kappa shape index (κ1) is 14.0. The lowest BCUT2D eigenvalue weighted by molar-refractivity contribution is -0.484. The van der Waals surface area contributed by atoms with Crippen molar-refractivity contribution in [3.8, 4) is 0 Å². The number of carbonyl (C=O) groups excluding carboxylic acids is 1. The van der Waals surface area contributed by atoms with Crippen molar-refractivity contribution in [3.63, 3.8) is 0 Å². The van der Waals surface area contributed by atoms with Crippen LogP contribution in [0.4, 0.5) is 0 Å². The summed E-state index contributed by atoms with van der Waals surface area (Å²) in [5.41, 5.74) is 0.835. The van der Waals surface area contributed by atoms with E-state index in [2.05, 4.69) is 0 Å². The zero-order chi connectivity index (χ0) is 13.8. The highest BCUT2D eigenvalue weighted by atomic mass is 35.5. The van der Waals surface area contributed by atoms with Crippen molar-refractivity contribution < 1.29 is 9.72 Å². The molecule has 2 unspecified atom stereocenters. The number of halogens is 1. The van der Waals surface area contributed by atoms with Crippen molar-refractivity contribution in [1.82, 2.24) is 0 Å². The molecule has 4 nitrogen and oxygen atoms in total. The van der Waals surface area contributed by atoms with Crippen LogP contribution in [0.3, 0.4) is 0 Å². The molecule has 0 heterocycles. The van der Waals surface area contributed by atoms with E-state index in [1.165, 1.54) is 0 Å². The van der Waals surface area contributed by atoms with Gasteiger partial charge < -0.3 is 0 Å². The molecule has 5 heteroatoms. The molecule has 0 spiro atoms. The molecule has 0 radical (unpaired) electrons. The molecule has 0 saturated heterocycles. The fourth-order valence-electron chi connectivity index (χ4n) is 2.77. The largest absolute Gasteiger partial charge is 0.299 e. The third-order valence-corrected chi connectivity index (χ3v) is 3.98. The Morgan fingerprint density at radius 3 is 2.58 bits per heavy atom. The van der Waals surface area contributed by atoms with Crippen LogP contribution < -0.4 is 0 Å². The number of carbonyl (C=O) groups is 1. The van der Waals surface area contributed by atoms with Crippen molar-refractivity contribution in [2.45, 2.75) is 31.6 Å². The van der Waals surface area contributed by atoms with Gasteiger partial charge in [0.15, 0.2) is 0 Å². The van der Waals surface area contributed by atoms with E-state index in [0.717, 1.165) is 24.8 Å². The Hall–Kier alpha value is -1.42. The molecule has 1 fully saturated rings. The first-order chi connectivity index (χ1) is 9.08. The lowest BCUT2D eigenvalue weighted by Crippen LogP contribution is -2.30. The minimum Gasteiger partial charge on any atom is -0.299 e. The number of benzene rings is 1. The normalized spacial score (nSPS) is 21.1. The summed E-state index contributed by atoms with van der Waals surface area (Å²) in [6, 6.07) is 7.02. The molecule has 2 atom stereocenters. The van der Waals surface area contributed by atoms with Gasteiger partial charge in [-0.25, -0.2) is 0 Å². The summed E-state index contributed by atoms with van der Waals surface area (Å²) in [7, 11) is 0. The summed E-state index contributed by atoms with van der Waals surface area (Å²) < 4.78 is 0. The number of hydrogen-bond acceptors (Lipinski definition) is 3. The van der Waals surface area contributed by atoms with Gasteiger partial charge in [-0.3, -0.25) is 14.9 Å². The second-order valence-corrected chi connectivity index (χ2v) is 5.43. The highest BCUT2D eigenvalue weighted by molar-refractivity contribution is 6.30. The first-order valence-corrected chi connectivity index (χ1v) is 6.85. The van der Waals surface area contributed by atoms with E-state index >= 15 is 0 Å². The first-order valence-electron chi connectivity index (χ1n) is 6.48. The number of nitrogens with zero attached hydrogens (tertiary/aromatic N) is 1. The van der Waals surface area contributed by atoms with E-state index in [9.17, 15) is 14.9 Å². The smallest absolute Gasteiger partial charge is 0.211 e. The Morgan fingerprint density at radius 1 is 1.32 bits per heavy atom. The maximum absolute atomic E-state index is 12.0. The van der Waals surface area contributed by atoms with Crippen LogP contribution in [0.5, 0.6) is 0 Å². The molecule has 0 amide bonds. The molecule has 0 N–H and O–H groups in total. The molecule has 1 aromatic carbocycles. The van der Waals surface area contributed by atoms with Gasteiger partial charge >= 0.3 is 0 Å². The van der Waals surface area contributed by atoms with Crippen molar-refractivity contribution in [2.75, 3.05) is 6.54 Å². The van der Waals surface area contributed by atoms with Crippen molar-refractivity contribution in [2.24, 2.45) is 5.92 Å². The molecule has 0 aromatic heterocycles. The maximum Gasteiger partial charge on any atom is 0.211 e. The Morgan fingerprint density at radius 2 is 2.00 bits per heavy atom. The van der Waals surface area contributed by atoms with Gasteiger partial charge in [-0.2, -0.15) is 0 Å². The van der Waals surface area contributed by atoms with Crippen LogP contribution in [0.25, 0.3) is 0 Å². The molecule has 0 aliphatic heterocycles. The summed E-state index contributed by atoms with van der Waals surface area (Å²) in [5.74, 6) is -0.395. The van der Waals surface area contributed by atoms with E-state index in [0.29, 0.717) is 11.4 Å². The summed E-state index contributed by atoms with van der Waals surface area (Å²) in [4.78, 5) is 22.5. The Kier molecular flexibility index (Phi) is 4.53. The van der Waals surface area contributed by atoms with Crippen LogP contribution in [-0.2, 0) is 4.79 Å². The van der Waals surface area contributed by atoms with Gasteiger partial charge in [0.25, 0.3) is 0 Å². The predicted molar refractivity (Wildman–Crippen MR) is 73.0 cm³/mol. The molecule has 1 aliphatic carbocycles. The minimum absolute atomic E-state index is 0.160. The Balaban J connectivity index is 2.26. The second kappa shape index (κ2) is 6.15. The van der Waals surface area contributed by atoms with Gasteiger partial charge in [-0.05, 0) is 30.5 Å². The number of ketones is 1. The van der Waals surface area contributed by atoms with Crippen LogP contribution >= 0.6 is 11.6 Å². The van der Waals surface area contributed by atoms with Gasteiger partial charge in [0.1, 0.15) is 5.78 Å². The quantitative estimate of drug-likeness (QED) is 0.627. The third kappa shape index (κ3) is 3.53. The molecule has 1 saturated carbocycles. The molecule has 2 rings (SSSR count). The predicted octanol–water partition coefficient (Wildman–Crippen LogP) is 3.46. The van der Waals surface area contributed by atoms with Crippen LogP contribution in [0.2, 0.25) is 5.02 Å². The van der Waals surface area contributed by atoms with E-state index < -0.39 is 0 Å². The SMILES string of the molecule is O=C1CCCCC1C(C[N+](=O)[O-])c1ccc(Cl)cc1. The fourth-order valence-corrected chi connectivity index (χ4v) is 2.90. The van der Waals surface area contributed by atoms with Crippen molar-refractivity contribution in [3.05, 3.63) is 45.0 Å². The molecular formula is C14H16ClNO3. The summed E-state index contributed by atoms with van der Waals surface area (Å²) in [6.45, 7) is -0.196. The maximum atomic E-state index is 12.0. The fraction of sp³-hybridized carbons (Fsp3) is 0.500. The van der Waals surface area contributed by atoms with Gasteiger partial charge in [-0.15, -0.1) is 0 Å². The van der Waals surface area contributed by atoms with Crippen LogP contribution in [0.1, 0.15) is 37.2 Å². The molecule has 0 bridgehead atoms. The standard InChI is InChI=1S/C14H16ClNO3/c15-11-7-5-10(6-8-11)13(9-16(18)19)12-3-1-2-4-14(12)17/h5-8,12-13H,1-4,9H2. The molecule has 102 valence electrons. The summed E-state index contributed by atoms with van der Waals surface area (Å²) in [6.07, 6.45) is 3.17. The minimum atomic E-state index is -0.333. The zero-order valence-electron chi connectivity index (χ0n) is 10.5. The van der Waals surface area contributed by atoms with Gasteiger partial charge in [0, 0.05) is 22.3 Å². The van der Waals surface area contributed by atoms with E-state index in [-0.39, 0.29) is 29.1 Å². The van der Waals surface area contributed by atoms with E-state index in [1.54, 1.807) is 24.3 Å². The zero-order valence-corrected chi connectivity index (χ0v) is 11.3. The average molecular weight is 282 g/mol. The number of hydrogen-bond donors (Lipinski definition) is 0. The van der Waals surface area contributed by atoms with Gasteiger partial charge in [-0.1, -0.05) is 30.2 Å². The molecular weight excluding hydrogens is 266 g/mol. The van der Waals surface area contributed by atoms with Crippen LogP contribution in [-0.4, -0.2) is 17.3 Å². The molecule has 19 heavy (non-hydrogen) atoms. The van der Waals surface area contributed by atoms with E-state index in [1.807, 2.05) is 0 Å². The summed E-state index contributed by atoms with van der Waals surface area (Å²) in [5, 5.41) is 11.5. The highest BCUT2D eigenvalue weighted by Gasteiger charge is 2.34. The van der Waals surface area contributed by atoms with Crippen molar-refractivity contribution in [1.29, 1.82) is 0 Å². The van der Waals surface area contributed by atoms with Crippen LogP contribution in [0.15, 0.2) is 24.3 Å². The second-order valence-electron chi connectivity index (χ2n) is 4.99. The Labute approximate surface area is 116 Å². The van der Waals surface area contributed by atoms with Crippen LogP contribution in [0, 0.1) is 16.0 Å².